The van der Waals surface area contributed by atoms with E-state index in [0.29, 0.717) is 0 Å². The van der Waals surface area contributed by atoms with Crippen molar-refractivity contribution >= 4 is 0 Å². The summed E-state index contributed by atoms with van der Waals surface area (Å²) in [7, 11) is 0. The molecule has 3 heterocycles. The van der Waals surface area contributed by atoms with E-state index in [2.05, 4.69) is 17.2 Å². The number of rotatable bonds is 1. The van der Waals surface area contributed by atoms with Crippen molar-refractivity contribution in [3.63, 3.8) is 0 Å². The number of hydrogen-bond acceptors (Lipinski definition) is 3. The van der Waals surface area contributed by atoms with Crippen molar-refractivity contribution in [1.29, 1.82) is 0 Å². The third kappa shape index (κ3) is 1.49. The summed E-state index contributed by atoms with van der Waals surface area (Å²) in [5.41, 5.74) is 4.69. The third-order valence-corrected chi connectivity index (χ3v) is 3.76. The standard InChI is InChI=1S/C14H15N3O/c1-2-7-18-13(5-1)17-9-10-8-12-11(14(10)16-17)4-3-6-15-12/h3-4,6,9,13H,1-2,5,7-8H2. The van der Waals surface area contributed by atoms with Gasteiger partial charge in [-0.1, -0.05) is 0 Å². The predicted molar refractivity (Wildman–Crippen MR) is 67.1 cm³/mol. The normalized spacial score (nSPS) is 21.7. The fourth-order valence-corrected chi connectivity index (χ4v) is 2.84. The number of nitrogens with zero attached hydrogens (tertiary/aromatic N) is 3. The Bertz CT molecular complexity index is 584. The van der Waals surface area contributed by atoms with E-state index in [1.807, 2.05) is 16.9 Å². The summed E-state index contributed by atoms with van der Waals surface area (Å²) in [4.78, 5) is 4.41. The van der Waals surface area contributed by atoms with Gasteiger partial charge in [-0.2, -0.15) is 5.10 Å². The van der Waals surface area contributed by atoms with Crippen LogP contribution in [0.1, 0.15) is 36.7 Å². The zero-order valence-corrected chi connectivity index (χ0v) is 10.2. The molecule has 1 aliphatic heterocycles. The Morgan fingerprint density at radius 3 is 3.22 bits per heavy atom. The summed E-state index contributed by atoms with van der Waals surface area (Å²) >= 11 is 0. The van der Waals surface area contributed by atoms with E-state index in [4.69, 9.17) is 9.84 Å². The fourth-order valence-electron chi connectivity index (χ4n) is 2.84. The van der Waals surface area contributed by atoms with E-state index in [1.165, 1.54) is 24.0 Å². The lowest BCUT2D eigenvalue weighted by Crippen LogP contribution is -2.18. The highest BCUT2D eigenvalue weighted by molar-refractivity contribution is 5.71. The number of hydrogen-bond donors (Lipinski definition) is 0. The van der Waals surface area contributed by atoms with Crippen LogP contribution in [0, 0.1) is 0 Å². The van der Waals surface area contributed by atoms with E-state index < -0.39 is 0 Å². The summed E-state index contributed by atoms with van der Waals surface area (Å²) < 4.78 is 7.77. The molecule has 4 heteroatoms. The highest BCUT2D eigenvalue weighted by Gasteiger charge is 2.25. The quantitative estimate of drug-likeness (QED) is 0.657. The highest BCUT2D eigenvalue weighted by atomic mass is 16.5. The smallest absolute Gasteiger partial charge is 0.150 e. The van der Waals surface area contributed by atoms with E-state index >= 15 is 0 Å². The molecular formula is C14H15N3O. The fraction of sp³-hybridized carbons (Fsp3) is 0.429. The van der Waals surface area contributed by atoms with Gasteiger partial charge in [0.05, 0.1) is 11.4 Å². The predicted octanol–water partition coefficient (Wildman–Crippen LogP) is 2.55. The van der Waals surface area contributed by atoms with Crippen LogP contribution in [0.25, 0.3) is 11.3 Å². The number of aromatic nitrogens is 3. The molecule has 1 fully saturated rings. The second-order valence-corrected chi connectivity index (χ2v) is 4.98. The molecule has 4 rings (SSSR count). The van der Waals surface area contributed by atoms with E-state index in [1.54, 1.807) is 0 Å². The van der Waals surface area contributed by atoms with Gasteiger partial charge in [-0.3, -0.25) is 4.98 Å². The molecule has 0 N–H and O–H groups in total. The maximum atomic E-state index is 5.77. The maximum absolute atomic E-state index is 5.77. The first-order valence-electron chi connectivity index (χ1n) is 6.56. The minimum absolute atomic E-state index is 0.129. The van der Waals surface area contributed by atoms with Crippen LogP contribution in [-0.4, -0.2) is 21.4 Å². The monoisotopic (exact) mass is 241 g/mol. The molecule has 4 nitrogen and oxygen atoms in total. The van der Waals surface area contributed by atoms with E-state index in [-0.39, 0.29) is 6.23 Å². The first kappa shape index (κ1) is 10.3. The zero-order chi connectivity index (χ0) is 11.9. The molecule has 2 aliphatic rings. The van der Waals surface area contributed by atoms with Gasteiger partial charge in [0.2, 0.25) is 0 Å². The highest BCUT2D eigenvalue weighted by Crippen LogP contribution is 2.35. The summed E-state index contributed by atoms with van der Waals surface area (Å²) in [6.07, 6.45) is 8.48. The van der Waals surface area contributed by atoms with Crippen LogP contribution >= 0.6 is 0 Å². The molecule has 18 heavy (non-hydrogen) atoms. The first-order valence-corrected chi connectivity index (χ1v) is 6.56. The van der Waals surface area contributed by atoms with Gasteiger partial charge in [0.15, 0.2) is 0 Å². The molecule has 0 amide bonds. The van der Waals surface area contributed by atoms with Gasteiger partial charge in [0.25, 0.3) is 0 Å². The maximum Gasteiger partial charge on any atom is 0.150 e. The topological polar surface area (TPSA) is 39.9 Å². The Balaban J connectivity index is 1.71. The average molecular weight is 241 g/mol. The van der Waals surface area contributed by atoms with Crippen LogP contribution in [0.5, 0.6) is 0 Å². The third-order valence-electron chi connectivity index (χ3n) is 3.76. The SMILES string of the molecule is c1cnc2c(c1)-c1nn(C3CCCCO3)cc1C2. The van der Waals surface area contributed by atoms with Crippen molar-refractivity contribution in [3.8, 4) is 11.3 Å². The molecular weight excluding hydrogens is 226 g/mol. The van der Waals surface area contributed by atoms with Gasteiger partial charge >= 0.3 is 0 Å². The Morgan fingerprint density at radius 2 is 2.33 bits per heavy atom. The van der Waals surface area contributed by atoms with Gasteiger partial charge in [0, 0.05) is 36.5 Å². The number of ether oxygens (including phenoxy) is 1. The summed E-state index contributed by atoms with van der Waals surface area (Å²) in [5, 5.41) is 4.71. The minimum Gasteiger partial charge on any atom is -0.357 e. The molecule has 0 bridgehead atoms. The molecule has 0 spiro atoms. The first-order chi connectivity index (χ1) is 8.92. The van der Waals surface area contributed by atoms with E-state index in [0.717, 1.165) is 30.8 Å². The summed E-state index contributed by atoms with van der Waals surface area (Å²) in [5.74, 6) is 0. The Kier molecular flexibility index (Phi) is 2.23. The van der Waals surface area contributed by atoms with Crippen LogP contribution in [0.3, 0.4) is 0 Å². The lowest BCUT2D eigenvalue weighted by Gasteiger charge is -2.22. The van der Waals surface area contributed by atoms with Gasteiger partial charge in [-0.25, -0.2) is 4.68 Å². The summed E-state index contributed by atoms with van der Waals surface area (Å²) in [6, 6.07) is 4.08. The van der Waals surface area contributed by atoms with Gasteiger partial charge in [-0.15, -0.1) is 0 Å². The second kappa shape index (κ2) is 3.92. The molecule has 2 aromatic heterocycles. The zero-order valence-electron chi connectivity index (χ0n) is 10.2. The van der Waals surface area contributed by atoms with Crippen LogP contribution in [0.15, 0.2) is 24.5 Å². The van der Waals surface area contributed by atoms with Crippen molar-refractivity contribution in [2.45, 2.75) is 31.9 Å². The lowest BCUT2D eigenvalue weighted by atomic mass is 10.2. The van der Waals surface area contributed by atoms with E-state index in [9.17, 15) is 0 Å². The molecule has 1 atom stereocenters. The molecule has 2 aromatic rings. The minimum atomic E-state index is 0.129. The van der Waals surface area contributed by atoms with Crippen molar-refractivity contribution in [2.24, 2.45) is 0 Å². The largest absolute Gasteiger partial charge is 0.357 e. The van der Waals surface area contributed by atoms with Gasteiger partial charge < -0.3 is 4.74 Å². The number of pyridine rings is 1. The molecule has 1 saturated heterocycles. The Morgan fingerprint density at radius 1 is 1.33 bits per heavy atom. The summed E-state index contributed by atoms with van der Waals surface area (Å²) in [6.45, 7) is 0.854. The average Bonchev–Trinajstić information content (AvgIpc) is 2.97. The number of fused-ring (bicyclic) bond motifs is 3. The van der Waals surface area contributed by atoms with Crippen LogP contribution in [0.2, 0.25) is 0 Å². The molecule has 0 radical (unpaired) electrons. The van der Waals surface area contributed by atoms with Crippen LogP contribution in [0.4, 0.5) is 0 Å². The second-order valence-electron chi connectivity index (χ2n) is 4.98. The van der Waals surface area contributed by atoms with Crippen molar-refractivity contribution in [1.82, 2.24) is 14.8 Å². The Labute approximate surface area is 106 Å². The molecule has 0 saturated carbocycles. The molecule has 1 aliphatic carbocycles. The van der Waals surface area contributed by atoms with Crippen LogP contribution in [-0.2, 0) is 11.2 Å². The van der Waals surface area contributed by atoms with Gasteiger partial charge in [0.1, 0.15) is 6.23 Å². The van der Waals surface area contributed by atoms with Crippen molar-refractivity contribution in [3.05, 3.63) is 35.8 Å². The molecule has 0 aromatic carbocycles. The van der Waals surface area contributed by atoms with Crippen molar-refractivity contribution < 1.29 is 4.74 Å². The van der Waals surface area contributed by atoms with Crippen LogP contribution < -0.4 is 0 Å². The Hall–Kier alpha value is -1.68. The molecule has 92 valence electrons. The van der Waals surface area contributed by atoms with Crippen molar-refractivity contribution in [2.75, 3.05) is 6.61 Å². The van der Waals surface area contributed by atoms with Gasteiger partial charge in [-0.05, 0) is 31.4 Å². The lowest BCUT2D eigenvalue weighted by molar-refractivity contribution is -0.0394. The molecule has 1 unspecified atom stereocenters.